The first-order valence-electron chi connectivity index (χ1n) is 3.26. The highest BCUT2D eigenvalue weighted by atomic mass is 32.1. The van der Waals surface area contributed by atoms with Crippen LogP contribution >= 0.6 is 11.3 Å². The zero-order chi connectivity index (χ0) is 8.01. The van der Waals surface area contributed by atoms with Gasteiger partial charge in [-0.25, -0.2) is 0 Å². The number of aryl methyl sites for hydroxylation is 2. The number of nitrogens with two attached hydrogens (primary N) is 1. The highest BCUT2D eigenvalue weighted by molar-refractivity contribution is 7.17. The van der Waals surface area contributed by atoms with Crippen molar-refractivity contribution < 1.29 is 0 Å². The molecule has 0 saturated carbocycles. The van der Waals surface area contributed by atoms with Gasteiger partial charge in [0.25, 0.3) is 0 Å². The number of aromatic nitrogens is 3. The van der Waals surface area contributed by atoms with Gasteiger partial charge in [-0.3, -0.25) is 4.40 Å². The minimum atomic E-state index is 0.474. The van der Waals surface area contributed by atoms with Crippen LogP contribution in [0, 0.1) is 13.8 Å². The molecule has 0 atom stereocenters. The van der Waals surface area contributed by atoms with Crippen LogP contribution in [0.1, 0.15) is 10.6 Å². The zero-order valence-electron chi connectivity index (χ0n) is 6.33. The van der Waals surface area contributed by atoms with E-state index >= 15 is 0 Å². The van der Waals surface area contributed by atoms with Gasteiger partial charge in [-0.1, -0.05) is 11.3 Å². The highest BCUT2D eigenvalue weighted by Crippen LogP contribution is 2.21. The van der Waals surface area contributed by atoms with Gasteiger partial charge in [0.2, 0.25) is 10.9 Å². The van der Waals surface area contributed by atoms with Crippen molar-refractivity contribution in [3.05, 3.63) is 10.6 Å². The van der Waals surface area contributed by atoms with Gasteiger partial charge in [-0.2, -0.15) is 0 Å². The number of rotatable bonds is 0. The first-order valence-corrected chi connectivity index (χ1v) is 4.08. The van der Waals surface area contributed by atoms with E-state index in [4.69, 9.17) is 5.73 Å². The van der Waals surface area contributed by atoms with Gasteiger partial charge in [0, 0.05) is 10.6 Å². The molecular weight excluding hydrogens is 160 g/mol. The molecule has 4 nitrogen and oxygen atoms in total. The van der Waals surface area contributed by atoms with Gasteiger partial charge < -0.3 is 5.73 Å². The average molecular weight is 168 g/mol. The molecule has 2 rings (SSSR count). The number of thiazole rings is 1. The molecule has 0 spiro atoms. The maximum Gasteiger partial charge on any atom is 0.227 e. The lowest BCUT2D eigenvalue weighted by atomic mass is 10.4. The Bertz CT molecular complexity index is 400. The predicted octanol–water partition coefficient (Wildman–Crippen LogP) is 0.990. The Labute approximate surface area is 67.7 Å². The molecule has 0 aliphatic carbocycles. The molecule has 2 aromatic heterocycles. The fraction of sp³-hybridized carbons (Fsp3) is 0.333. The largest absolute Gasteiger partial charge is 0.368 e. The third kappa shape index (κ3) is 0.742. The normalized spacial score (nSPS) is 11.1. The summed E-state index contributed by atoms with van der Waals surface area (Å²) >= 11 is 1.61. The summed E-state index contributed by atoms with van der Waals surface area (Å²) in [7, 11) is 0. The molecule has 0 aliphatic rings. The van der Waals surface area contributed by atoms with Crippen LogP contribution in [0.15, 0.2) is 0 Å². The Morgan fingerprint density at radius 3 is 2.73 bits per heavy atom. The molecule has 0 unspecified atom stereocenters. The number of hydrogen-bond donors (Lipinski definition) is 1. The third-order valence-corrected chi connectivity index (χ3v) is 2.80. The lowest BCUT2D eigenvalue weighted by Crippen LogP contribution is -1.94. The third-order valence-electron chi connectivity index (χ3n) is 1.75. The molecule has 2 heterocycles. The molecule has 0 aliphatic heterocycles. The van der Waals surface area contributed by atoms with Crippen molar-refractivity contribution in [3.63, 3.8) is 0 Å². The second kappa shape index (κ2) is 1.94. The molecule has 0 saturated heterocycles. The maximum absolute atomic E-state index is 5.59. The Hall–Kier alpha value is -1.10. The lowest BCUT2D eigenvalue weighted by Gasteiger charge is -1.90. The van der Waals surface area contributed by atoms with Crippen molar-refractivity contribution in [3.8, 4) is 0 Å². The highest BCUT2D eigenvalue weighted by Gasteiger charge is 2.08. The number of nitrogen functional groups attached to an aromatic ring is 1. The number of nitrogens with zero attached hydrogens (tertiary/aromatic N) is 3. The van der Waals surface area contributed by atoms with Crippen molar-refractivity contribution in [1.29, 1.82) is 0 Å². The number of fused-ring (bicyclic) bond motifs is 1. The van der Waals surface area contributed by atoms with Crippen LogP contribution in [-0.4, -0.2) is 14.6 Å². The minimum Gasteiger partial charge on any atom is -0.368 e. The van der Waals surface area contributed by atoms with Crippen LogP contribution in [0.3, 0.4) is 0 Å². The van der Waals surface area contributed by atoms with Gasteiger partial charge in [-0.15, -0.1) is 10.2 Å². The fourth-order valence-corrected chi connectivity index (χ4v) is 1.95. The van der Waals surface area contributed by atoms with E-state index in [2.05, 4.69) is 10.2 Å². The van der Waals surface area contributed by atoms with Crippen molar-refractivity contribution in [2.24, 2.45) is 0 Å². The van der Waals surface area contributed by atoms with Gasteiger partial charge in [0.05, 0.1) is 0 Å². The van der Waals surface area contributed by atoms with Crippen LogP contribution < -0.4 is 5.73 Å². The molecule has 11 heavy (non-hydrogen) atoms. The summed E-state index contributed by atoms with van der Waals surface area (Å²) in [6.07, 6.45) is 0. The quantitative estimate of drug-likeness (QED) is 0.638. The fourth-order valence-electron chi connectivity index (χ4n) is 1.03. The number of anilines is 1. The molecule has 58 valence electrons. The molecule has 2 aromatic rings. The van der Waals surface area contributed by atoms with Crippen molar-refractivity contribution in [2.45, 2.75) is 13.8 Å². The molecule has 2 N–H and O–H groups in total. The topological polar surface area (TPSA) is 56.2 Å². The standard InChI is InChI=1S/C6H8N4S/c1-3-4(2)11-6-9-8-5(7)10(3)6/h1-2H3,(H2,7,8). The van der Waals surface area contributed by atoms with Gasteiger partial charge in [0.1, 0.15) is 0 Å². The Kier molecular flexibility index (Phi) is 1.17. The predicted molar refractivity (Wildman–Crippen MR) is 44.8 cm³/mol. The second-order valence-corrected chi connectivity index (χ2v) is 3.60. The van der Waals surface area contributed by atoms with E-state index < -0.39 is 0 Å². The minimum absolute atomic E-state index is 0.474. The lowest BCUT2D eigenvalue weighted by molar-refractivity contribution is 1.08. The van der Waals surface area contributed by atoms with E-state index in [9.17, 15) is 0 Å². The molecular formula is C6H8N4S. The van der Waals surface area contributed by atoms with Crippen molar-refractivity contribution >= 4 is 22.2 Å². The maximum atomic E-state index is 5.59. The molecule has 0 bridgehead atoms. The van der Waals surface area contributed by atoms with Gasteiger partial charge in [-0.05, 0) is 13.8 Å². The summed E-state index contributed by atoms with van der Waals surface area (Å²) in [5, 5.41) is 7.67. The Morgan fingerprint density at radius 1 is 1.36 bits per heavy atom. The average Bonchev–Trinajstić information content (AvgIpc) is 2.41. The Balaban J connectivity index is 2.95. The summed E-state index contributed by atoms with van der Waals surface area (Å²) in [5.74, 6) is 0.474. The van der Waals surface area contributed by atoms with E-state index in [0.29, 0.717) is 5.95 Å². The Morgan fingerprint density at radius 2 is 2.09 bits per heavy atom. The van der Waals surface area contributed by atoms with Crippen LogP contribution in [-0.2, 0) is 0 Å². The van der Waals surface area contributed by atoms with Gasteiger partial charge >= 0.3 is 0 Å². The summed E-state index contributed by atoms with van der Waals surface area (Å²) < 4.78 is 1.86. The van der Waals surface area contributed by atoms with Crippen LogP contribution in [0.4, 0.5) is 5.95 Å². The van der Waals surface area contributed by atoms with Crippen molar-refractivity contribution in [2.75, 3.05) is 5.73 Å². The summed E-state index contributed by atoms with van der Waals surface area (Å²) in [4.78, 5) is 2.11. The SMILES string of the molecule is Cc1sc2nnc(N)n2c1C. The summed E-state index contributed by atoms with van der Waals surface area (Å²) in [5.41, 5.74) is 6.72. The number of hydrogen-bond acceptors (Lipinski definition) is 4. The monoisotopic (exact) mass is 168 g/mol. The van der Waals surface area contributed by atoms with E-state index in [1.807, 2.05) is 18.2 Å². The van der Waals surface area contributed by atoms with Crippen LogP contribution in [0.25, 0.3) is 4.96 Å². The van der Waals surface area contributed by atoms with Crippen LogP contribution in [0.5, 0.6) is 0 Å². The van der Waals surface area contributed by atoms with E-state index in [-0.39, 0.29) is 0 Å². The van der Waals surface area contributed by atoms with Crippen LogP contribution in [0.2, 0.25) is 0 Å². The second-order valence-electron chi connectivity index (χ2n) is 2.42. The first kappa shape index (κ1) is 6.60. The molecule has 0 aromatic carbocycles. The molecule has 5 heteroatoms. The summed E-state index contributed by atoms with van der Waals surface area (Å²) in [6, 6.07) is 0. The van der Waals surface area contributed by atoms with E-state index in [1.165, 1.54) is 4.88 Å². The first-order chi connectivity index (χ1) is 5.20. The summed E-state index contributed by atoms with van der Waals surface area (Å²) in [6.45, 7) is 4.06. The molecule has 0 fully saturated rings. The van der Waals surface area contributed by atoms with Gasteiger partial charge in [0.15, 0.2) is 0 Å². The zero-order valence-corrected chi connectivity index (χ0v) is 7.14. The van der Waals surface area contributed by atoms with E-state index in [0.717, 1.165) is 10.7 Å². The van der Waals surface area contributed by atoms with Crippen molar-refractivity contribution in [1.82, 2.24) is 14.6 Å². The smallest absolute Gasteiger partial charge is 0.227 e. The molecule has 0 radical (unpaired) electrons. The molecule has 0 amide bonds. The van der Waals surface area contributed by atoms with E-state index in [1.54, 1.807) is 11.3 Å².